The summed E-state index contributed by atoms with van der Waals surface area (Å²) in [5.74, 6) is -0.496. The lowest BCUT2D eigenvalue weighted by Gasteiger charge is -2.07. The van der Waals surface area contributed by atoms with Crippen LogP contribution < -0.4 is 4.74 Å². The SMILES string of the molecule is O=[N+]([O-])c1ccc(OCc2c(F)cccc2[N+](=O)[O-])cc1. The Bertz CT molecular complexity index is 687. The summed E-state index contributed by atoms with van der Waals surface area (Å²) in [4.78, 5) is 20.0. The second-order valence-electron chi connectivity index (χ2n) is 4.03. The minimum atomic E-state index is -0.744. The van der Waals surface area contributed by atoms with Crippen LogP contribution in [0.4, 0.5) is 15.8 Å². The topological polar surface area (TPSA) is 95.5 Å². The first-order chi connectivity index (χ1) is 9.99. The van der Waals surface area contributed by atoms with Crippen molar-refractivity contribution in [3.63, 3.8) is 0 Å². The van der Waals surface area contributed by atoms with Crippen molar-refractivity contribution in [2.45, 2.75) is 6.61 Å². The fraction of sp³-hybridized carbons (Fsp3) is 0.0769. The first-order valence-corrected chi connectivity index (χ1v) is 5.78. The number of nitrogens with zero attached hydrogens (tertiary/aromatic N) is 2. The zero-order chi connectivity index (χ0) is 15.4. The molecular formula is C13H9FN2O5. The molecule has 2 aromatic carbocycles. The predicted octanol–water partition coefficient (Wildman–Crippen LogP) is 3.22. The first kappa shape index (κ1) is 14.4. The summed E-state index contributed by atoms with van der Waals surface area (Å²) in [6.45, 7) is -0.346. The molecular weight excluding hydrogens is 283 g/mol. The van der Waals surface area contributed by atoms with Crippen LogP contribution in [0.3, 0.4) is 0 Å². The minimum Gasteiger partial charge on any atom is -0.489 e. The number of ether oxygens (including phenoxy) is 1. The third kappa shape index (κ3) is 3.30. The number of halogens is 1. The van der Waals surface area contributed by atoms with Gasteiger partial charge < -0.3 is 4.74 Å². The molecule has 0 radical (unpaired) electrons. The maximum absolute atomic E-state index is 13.6. The summed E-state index contributed by atoms with van der Waals surface area (Å²) < 4.78 is 18.8. The third-order valence-corrected chi connectivity index (χ3v) is 2.72. The molecule has 0 aliphatic rings. The Morgan fingerprint density at radius 2 is 1.67 bits per heavy atom. The molecule has 0 saturated carbocycles. The smallest absolute Gasteiger partial charge is 0.278 e. The van der Waals surface area contributed by atoms with Crippen LogP contribution in [0.1, 0.15) is 5.56 Å². The molecule has 0 N–H and O–H groups in total. The Morgan fingerprint density at radius 1 is 1.00 bits per heavy atom. The largest absolute Gasteiger partial charge is 0.489 e. The molecule has 7 nitrogen and oxygen atoms in total. The van der Waals surface area contributed by atoms with Crippen LogP contribution in [-0.4, -0.2) is 9.85 Å². The van der Waals surface area contributed by atoms with E-state index in [0.717, 1.165) is 6.07 Å². The Labute approximate surface area is 117 Å². The van der Waals surface area contributed by atoms with Gasteiger partial charge >= 0.3 is 0 Å². The standard InChI is InChI=1S/C13H9FN2O5/c14-12-2-1-3-13(16(19)20)11(12)8-21-10-6-4-9(5-7-10)15(17)18/h1-7H,8H2. The third-order valence-electron chi connectivity index (χ3n) is 2.72. The maximum Gasteiger partial charge on any atom is 0.278 e. The Kier molecular flexibility index (Phi) is 4.07. The van der Waals surface area contributed by atoms with Crippen molar-refractivity contribution < 1.29 is 19.0 Å². The molecule has 0 unspecified atom stereocenters. The number of rotatable bonds is 5. The van der Waals surface area contributed by atoms with Crippen molar-refractivity contribution >= 4 is 11.4 Å². The molecule has 21 heavy (non-hydrogen) atoms. The van der Waals surface area contributed by atoms with Crippen LogP contribution in [0, 0.1) is 26.0 Å². The predicted molar refractivity (Wildman–Crippen MR) is 70.5 cm³/mol. The van der Waals surface area contributed by atoms with Crippen LogP contribution >= 0.6 is 0 Å². The Hall–Kier alpha value is -3.03. The van der Waals surface area contributed by atoms with Crippen LogP contribution in [0.5, 0.6) is 5.75 Å². The molecule has 0 bridgehead atoms. The molecule has 0 saturated heterocycles. The molecule has 0 amide bonds. The van der Waals surface area contributed by atoms with E-state index in [2.05, 4.69) is 0 Å². The molecule has 2 aromatic rings. The number of nitro benzene ring substituents is 2. The molecule has 0 aliphatic carbocycles. The summed E-state index contributed by atoms with van der Waals surface area (Å²) in [5.41, 5.74) is -0.669. The lowest BCUT2D eigenvalue weighted by Crippen LogP contribution is -2.03. The van der Waals surface area contributed by atoms with Crippen molar-refractivity contribution in [3.05, 3.63) is 74.1 Å². The summed E-state index contributed by atoms with van der Waals surface area (Å²) >= 11 is 0. The van der Waals surface area contributed by atoms with E-state index in [1.54, 1.807) is 0 Å². The van der Waals surface area contributed by atoms with E-state index < -0.39 is 15.7 Å². The van der Waals surface area contributed by atoms with Gasteiger partial charge in [0, 0.05) is 18.2 Å². The number of benzene rings is 2. The molecule has 0 fully saturated rings. The Balaban J connectivity index is 2.16. The van der Waals surface area contributed by atoms with Crippen molar-refractivity contribution in [1.82, 2.24) is 0 Å². The van der Waals surface area contributed by atoms with Gasteiger partial charge in [-0.2, -0.15) is 0 Å². The minimum absolute atomic E-state index is 0.112. The van der Waals surface area contributed by atoms with E-state index in [1.807, 2.05) is 0 Å². The summed E-state index contributed by atoms with van der Waals surface area (Å²) in [7, 11) is 0. The van der Waals surface area contributed by atoms with E-state index in [1.165, 1.54) is 36.4 Å². The summed E-state index contributed by atoms with van der Waals surface area (Å²) in [6.07, 6.45) is 0. The molecule has 0 spiro atoms. The van der Waals surface area contributed by atoms with Crippen molar-refractivity contribution in [2.75, 3.05) is 0 Å². The van der Waals surface area contributed by atoms with Crippen LogP contribution in [0.15, 0.2) is 42.5 Å². The number of nitro groups is 2. The van der Waals surface area contributed by atoms with Gasteiger partial charge in [-0.1, -0.05) is 6.07 Å². The zero-order valence-corrected chi connectivity index (χ0v) is 10.6. The molecule has 0 heterocycles. The molecule has 0 aliphatic heterocycles. The van der Waals surface area contributed by atoms with Gasteiger partial charge in [-0.15, -0.1) is 0 Å². The fourth-order valence-corrected chi connectivity index (χ4v) is 1.68. The van der Waals surface area contributed by atoms with Crippen molar-refractivity contribution in [2.24, 2.45) is 0 Å². The van der Waals surface area contributed by atoms with Crippen molar-refractivity contribution in [3.8, 4) is 5.75 Å². The highest BCUT2D eigenvalue weighted by atomic mass is 19.1. The molecule has 0 aromatic heterocycles. The lowest BCUT2D eigenvalue weighted by molar-refractivity contribution is -0.386. The number of hydrogen-bond acceptors (Lipinski definition) is 5. The van der Waals surface area contributed by atoms with Gasteiger partial charge in [0.15, 0.2) is 0 Å². The Morgan fingerprint density at radius 3 is 2.24 bits per heavy atom. The quantitative estimate of drug-likeness (QED) is 0.622. The van der Waals surface area contributed by atoms with Gasteiger partial charge in [-0.3, -0.25) is 20.2 Å². The zero-order valence-electron chi connectivity index (χ0n) is 10.6. The second kappa shape index (κ2) is 5.95. The highest BCUT2D eigenvalue weighted by Gasteiger charge is 2.18. The summed E-state index contributed by atoms with van der Waals surface area (Å²) in [5, 5.41) is 21.3. The number of hydrogen-bond donors (Lipinski definition) is 0. The van der Waals surface area contributed by atoms with Crippen LogP contribution in [0.25, 0.3) is 0 Å². The maximum atomic E-state index is 13.6. The highest BCUT2D eigenvalue weighted by Crippen LogP contribution is 2.24. The second-order valence-corrected chi connectivity index (χ2v) is 4.03. The number of non-ortho nitro benzene ring substituents is 1. The van der Waals surface area contributed by atoms with E-state index in [-0.39, 0.29) is 29.3 Å². The fourth-order valence-electron chi connectivity index (χ4n) is 1.68. The van der Waals surface area contributed by atoms with Gasteiger partial charge in [0.05, 0.1) is 9.85 Å². The van der Waals surface area contributed by atoms with E-state index >= 15 is 0 Å². The molecule has 2 rings (SSSR count). The van der Waals surface area contributed by atoms with E-state index in [9.17, 15) is 24.6 Å². The van der Waals surface area contributed by atoms with E-state index in [4.69, 9.17) is 4.74 Å². The van der Waals surface area contributed by atoms with E-state index in [0.29, 0.717) is 0 Å². The van der Waals surface area contributed by atoms with Gasteiger partial charge in [-0.25, -0.2) is 4.39 Å². The monoisotopic (exact) mass is 292 g/mol. The average Bonchev–Trinajstić information content (AvgIpc) is 2.46. The molecule has 108 valence electrons. The van der Waals surface area contributed by atoms with Gasteiger partial charge in [0.25, 0.3) is 11.4 Å². The van der Waals surface area contributed by atoms with Gasteiger partial charge in [0.2, 0.25) is 0 Å². The van der Waals surface area contributed by atoms with Crippen LogP contribution in [-0.2, 0) is 6.61 Å². The molecule has 0 atom stereocenters. The first-order valence-electron chi connectivity index (χ1n) is 5.78. The van der Waals surface area contributed by atoms with Crippen molar-refractivity contribution in [1.29, 1.82) is 0 Å². The summed E-state index contributed by atoms with van der Waals surface area (Å²) in [6, 6.07) is 8.65. The van der Waals surface area contributed by atoms with Gasteiger partial charge in [0.1, 0.15) is 23.7 Å². The van der Waals surface area contributed by atoms with Gasteiger partial charge in [-0.05, 0) is 18.2 Å². The van der Waals surface area contributed by atoms with Crippen LogP contribution in [0.2, 0.25) is 0 Å². The highest BCUT2D eigenvalue weighted by molar-refractivity contribution is 5.41. The molecule has 8 heteroatoms. The normalized spacial score (nSPS) is 10.1. The lowest BCUT2D eigenvalue weighted by atomic mass is 10.2. The average molecular weight is 292 g/mol.